The van der Waals surface area contributed by atoms with E-state index in [1.54, 1.807) is 6.26 Å². The highest BCUT2D eigenvalue weighted by Gasteiger charge is 2.22. The summed E-state index contributed by atoms with van der Waals surface area (Å²) in [6.45, 7) is 0. The van der Waals surface area contributed by atoms with Gasteiger partial charge in [-0.3, -0.25) is 0 Å². The van der Waals surface area contributed by atoms with Gasteiger partial charge in [-0.05, 0) is 59.7 Å². The Kier molecular flexibility index (Phi) is 4.29. The van der Waals surface area contributed by atoms with Crippen molar-refractivity contribution in [3.05, 3.63) is 115 Å². The normalized spacial score (nSPS) is 16.6. The molecule has 5 aromatic carbocycles. The van der Waals surface area contributed by atoms with Crippen molar-refractivity contribution in [2.24, 2.45) is 4.36 Å². The molecule has 35 heavy (non-hydrogen) atoms. The zero-order valence-electron chi connectivity index (χ0n) is 19.2. The lowest BCUT2D eigenvalue weighted by Crippen LogP contribution is -2.04. The molecule has 0 radical (unpaired) electrons. The summed E-state index contributed by atoms with van der Waals surface area (Å²) in [6.07, 6.45) is 1.73. The maximum atomic E-state index is 13.3. The van der Waals surface area contributed by atoms with Crippen LogP contribution in [0.2, 0.25) is 0 Å². The second-order valence-electron chi connectivity index (χ2n) is 9.04. The van der Waals surface area contributed by atoms with Crippen molar-refractivity contribution in [2.45, 2.75) is 4.90 Å². The predicted octanol–water partition coefficient (Wildman–Crippen LogP) is 8.22. The zero-order chi connectivity index (χ0) is 23.6. The first-order valence-electron chi connectivity index (χ1n) is 11.6. The molecule has 168 valence electrons. The minimum Gasteiger partial charge on any atom is -0.309 e. The van der Waals surface area contributed by atoms with Crippen molar-refractivity contribution in [1.82, 2.24) is 4.57 Å². The molecule has 0 bridgehead atoms. The minimum absolute atomic E-state index is 0.797. The van der Waals surface area contributed by atoms with Crippen LogP contribution in [0.5, 0.6) is 0 Å². The summed E-state index contributed by atoms with van der Waals surface area (Å²) < 4.78 is 20.2. The molecule has 0 fully saturated rings. The van der Waals surface area contributed by atoms with Gasteiger partial charge in [0.1, 0.15) is 0 Å². The molecule has 1 aromatic heterocycles. The third-order valence-corrected chi connectivity index (χ3v) is 8.59. The average Bonchev–Trinajstić information content (AvgIpc) is 3.22. The molecule has 0 spiro atoms. The fraction of sp³-hybridized carbons (Fsp3) is 0.0323. The van der Waals surface area contributed by atoms with Crippen LogP contribution in [0.15, 0.2) is 125 Å². The highest BCUT2D eigenvalue weighted by Crippen LogP contribution is 2.43. The van der Waals surface area contributed by atoms with E-state index in [4.69, 9.17) is 0 Å². The fourth-order valence-corrected chi connectivity index (χ4v) is 6.81. The van der Waals surface area contributed by atoms with E-state index >= 15 is 0 Å². The standard InChI is InChI=1S/C31H22N2OS/c1-35(34)31-18-16-22(20-27(31)24-11-5-7-13-28(24)32-35)21-15-17-30-26(19-21)25-12-6-8-14-29(25)33(30)23-9-3-2-4-10-23/h2-20H,1H3. The molecule has 7 rings (SSSR count). The molecule has 0 amide bonds. The van der Waals surface area contributed by atoms with E-state index in [1.165, 1.54) is 21.8 Å². The molecule has 0 saturated carbocycles. The number of nitrogens with zero attached hydrogens (tertiary/aromatic N) is 2. The lowest BCUT2D eigenvalue weighted by Gasteiger charge is -2.20. The van der Waals surface area contributed by atoms with Crippen LogP contribution in [-0.2, 0) is 9.73 Å². The van der Waals surface area contributed by atoms with Gasteiger partial charge in [0.15, 0.2) is 0 Å². The van der Waals surface area contributed by atoms with Crippen molar-refractivity contribution >= 4 is 37.2 Å². The minimum atomic E-state index is -2.47. The van der Waals surface area contributed by atoms with Gasteiger partial charge < -0.3 is 4.57 Å². The van der Waals surface area contributed by atoms with Crippen molar-refractivity contribution in [3.8, 4) is 27.9 Å². The van der Waals surface area contributed by atoms with E-state index in [9.17, 15) is 4.21 Å². The molecule has 1 aliphatic rings. The van der Waals surface area contributed by atoms with Gasteiger partial charge in [0.25, 0.3) is 0 Å². The van der Waals surface area contributed by atoms with Gasteiger partial charge in [-0.2, -0.15) is 4.36 Å². The molecule has 1 aliphatic heterocycles. The monoisotopic (exact) mass is 470 g/mol. The van der Waals surface area contributed by atoms with Crippen LogP contribution in [0.3, 0.4) is 0 Å². The average molecular weight is 471 g/mol. The van der Waals surface area contributed by atoms with Crippen molar-refractivity contribution < 1.29 is 4.21 Å². The van der Waals surface area contributed by atoms with Gasteiger partial charge in [0.2, 0.25) is 0 Å². The number of rotatable bonds is 2. The number of aromatic nitrogens is 1. The Balaban J connectivity index is 1.46. The summed E-state index contributed by atoms with van der Waals surface area (Å²) in [5.74, 6) is 0. The number of fused-ring (bicyclic) bond motifs is 6. The van der Waals surface area contributed by atoms with Crippen LogP contribution in [-0.4, -0.2) is 15.0 Å². The highest BCUT2D eigenvalue weighted by atomic mass is 32.2. The smallest absolute Gasteiger partial charge is 0.0812 e. The first kappa shape index (κ1) is 20.2. The Bertz CT molecular complexity index is 1910. The molecular formula is C31H22N2OS. The quantitative estimate of drug-likeness (QED) is 0.251. The Morgan fingerprint density at radius 3 is 2.20 bits per heavy atom. The van der Waals surface area contributed by atoms with E-state index in [2.05, 4.69) is 93.9 Å². The lowest BCUT2D eigenvalue weighted by molar-refractivity contribution is 0.680. The fourth-order valence-electron chi connectivity index (χ4n) is 5.28. The van der Waals surface area contributed by atoms with Gasteiger partial charge >= 0.3 is 0 Å². The number of para-hydroxylation sites is 2. The SMILES string of the molecule is CS1(=O)=Nc2ccccc2-c2cc(-c3ccc4c(c3)c3ccccc3n4-c3ccccc3)ccc21. The summed E-state index contributed by atoms with van der Waals surface area (Å²) >= 11 is 0. The van der Waals surface area contributed by atoms with Crippen LogP contribution < -0.4 is 0 Å². The Morgan fingerprint density at radius 2 is 1.31 bits per heavy atom. The van der Waals surface area contributed by atoms with Crippen molar-refractivity contribution in [1.29, 1.82) is 0 Å². The second-order valence-corrected chi connectivity index (χ2v) is 11.3. The summed E-state index contributed by atoms with van der Waals surface area (Å²) in [7, 11) is -2.47. The molecule has 2 heterocycles. The van der Waals surface area contributed by atoms with E-state index in [0.29, 0.717) is 0 Å². The number of hydrogen-bond acceptors (Lipinski definition) is 2. The van der Waals surface area contributed by atoms with Crippen molar-refractivity contribution in [3.63, 3.8) is 0 Å². The maximum absolute atomic E-state index is 13.3. The van der Waals surface area contributed by atoms with E-state index < -0.39 is 9.73 Å². The van der Waals surface area contributed by atoms with Crippen LogP contribution in [0.4, 0.5) is 5.69 Å². The molecule has 1 unspecified atom stereocenters. The molecule has 1 atom stereocenters. The van der Waals surface area contributed by atoms with Crippen LogP contribution >= 0.6 is 0 Å². The summed E-state index contributed by atoms with van der Waals surface area (Å²) in [4.78, 5) is 0.807. The van der Waals surface area contributed by atoms with Crippen molar-refractivity contribution in [2.75, 3.05) is 6.26 Å². The Hall–Kier alpha value is -4.15. The summed E-state index contributed by atoms with van der Waals surface area (Å²) in [5, 5.41) is 2.45. The third-order valence-electron chi connectivity index (χ3n) is 6.87. The van der Waals surface area contributed by atoms with E-state index in [1.807, 2.05) is 30.3 Å². The number of benzene rings is 5. The van der Waals surface area contributed by atoms with Gasteiger partial charge in [-0.1, -0.05) is 66.7 Å². The summed E-state index contributed by atoms with van der Waals surface area (Å²) in [6, 6.07) is 39.9. The largest absolute Gasteiger partial charge is 0.309 e. The highest BCUT2D eigenvalue weighted by molar-refractivity contribution is 7.93. The molecule has 4 heteroatoms. The summed E-state index contributed by atoms with van der Waals surface area (Å²) in [5.41, 5.74) is 8.61. The third kappa shape index (κ3) is 3.07. The van der Waals surface area contributed by atoms with E-state index in [0.717, 1.165) is 38.5 Å². The second kappa shape index (κ2) is 7.42. The molecule has 0 aliphatic carbocycles. The van der Waals surface area contributed by atoms with Crippen LogP contribution in [0.25, 0.3) is 49.7 Å². The van der Waals surface area contributed by atoms with E-state index in [-0.39, 0.29) is 0 Å². The molecule has 0 saturated heterocycles. The van der Waals surface area contributed by atoms with Gasteiger partial charge in [-0.25, -0.2) is 4.21 Å². The van der Waals surface area contributed by atoms with Gasteiger partial charge in [0, 0.05) is 33.8 Å². The van der Waals surface area contributed by atoms with Crippen LogP contribution in [0.1, 0.15) is 0 Å². The number of hydrogen-bond donors (Lipinski definition) is 0. The zero-order valence-corrected chi connectivity index (χ0v) is 20.0. The Labute approximate surface area is 204 Å². The topological polar surface area (TPSA) is 34.4 Å². The van der Waals surface area contributed by atoms with Crippen LogP contribution in [0, 0.1) is 0 Å². The molecule has 0 N–H and O–H groups in total. The predicted molar refractivity (Wildman–Crippen MR) is 146 cm³/mol. The maximum Gasteiger partial charge on any atom is 0.0812 e. The van der Waals surface area contributed by atoms with Gasteiger partial charge in [0.05, 0.1) is 31.3 Å². The lowest BCUT2D eigenvalue weighted by atomic mass is 9.97. The first-order valence-corrected chi connectivity index (χ1v) is 13.6. The molecular weight excluding hydrogens is 448 g/mol. The first-order chi connectivity index (χ1) is 17.1. The Morgan fingerprint density at radius 1 is 0.629 bits per heavy atom. The molecule has 3 nitrogen and oxygen atoms in total. The van der Waals surface area contributed by atoms with Gasteiger partial charge in [-0.15, -0.1) is 0 Å². The molecule has 6 aromatic rings.